The zero-order valence-electron chi connectivity index (χ0n) is 32.7. The first-order valence-corrected chi connectivity index (χ1v) is 21.5. The Morgan fingerprint density at radius 1 is 0.407 bits per heavy atom. The Labute approximate surface area is 344 Å². The summed E-state index contributed by atoms with van der Waals surface area (Å²) in [5, 5.41) is 2.29. The number of furan rings is 1. The lowest BCUT2D eigenvalue weighted by atomic mass is 9.11. The third-order valence-corrected chi connectivity index (χ3v) is 16.0. The molecule has 1 heterocycles. The fourth-order valence-corrected chi connectivity index (χ4v) is 13.6. The van der Waals surface area contributed by atoms with E-state index >= 15 is 0 Å². The highest BCUT2D eigenvalue weighted by Crippen LogP contribution is 2.94. The van der Waals surface area contributed by atoms with Crippen molar-refractivity contribution in [2.45, 2.75) is 24.7 Å². The second kappa shape index (κ2) is 11.5. The monoisotopic (exact) mass is 755 g/mol. The highest BCUT2D eigenvalue weighted by molar-refractivity contribution is 6.06. The number of hydrogen-bond donors (Lipinski definition) is 0. The molecule has 280 valence electrons. The molecule has 5 aliphatic carbocycles. The summed E-state index contributed by atoms with van der Waals surface area (Å²) in [5.41, 5.74) is 19.4. The van der Waals surface area contributed by atoms with Crippen molar-refractivity contribution in [1.82, 2.24) is 0 Å². The van der Waals surface area contributed by atoms with Gasteiger partial charge in [-0.1, -0.05) is 140 Å². The van der Waals surface area contributed by atoms with Crippen LogP contribution in [0.1, 0.15) is 30.4 Å². The van der Waals surface area contributed by atoms with Crippen LogP contribution in [0.4, 0.5) is 17.1 Å². The predicted molar refractivity (Wildman–Crippen MR) is 241 cm³/mol. The van der Waals surface area contributed by atoms with E-state index in [1.165, 1.54) is 63.8 Å². The van der Waals surface area contributed by atoms with Gasteiger partial charge in [0.15, 0.2) is 0 Å². The van der Waals surface area contributed by atoms with E-state index in [0.717, 1.165) is 62.7 Å². The van der Waals surface area contributed by atoms with Crippen molar-refractivity contribution < 1.29 is 4.42 Å². The predicted octanol–water partition coefficient (Wildman–Crippen LogP) is 15.0. The topological polar surface area (TPSA) is 16.4 Å². The van der Waals surface area contributed by atoms with Crippen molar-refractivity contribution in [1.29, 1.82) is 0 Å². The fraction of sp³-hybridized carbons (Fsp3) is 0.158. The van der Waals surface area contributed by atoms with E-state index < -0.39 is 0 Å². The van der Waals surface area contributed by atoms with Crippen molar-refractivity contribution in [3.63, 3.8) is 0 Å². The van der Waals surface area contributed by atoms with Crippen LogP contribution >= 0.6 is 0 Å². The summed E-state index contributed by atoms with van der Waals surface area (Å²) in [4.78, 5) is 2.48. The Hall–Kier alpha value is -6.64. The number of rotatable bonds is 6. The molecular formula is C57H41NO. The normalized spacial score (nSPS) is 24.9. The Kier molecular flexibility index (Phi) is 6.31. The Bertz CT molecular complexity index is 3150. The van der Waals surface area contributed by atoms with Crippen LogP contribution in [0.2, 0.25) is 0 Å². The molecule has 0 aliphatic heterocycles. The van der Waals surface area contributed by atoms with E-state index in [-0.39, 0.29) is 5.41 Å². The lowest BCUT2D eigenvalue weighted by molar-refractivity contribution is -0.412. The van der Waals surface area contributed by atoms with Gasteiger partial charge in [-0.05, 0) is 141 Å². The number of hydrogen-bond acceptors (Lipinski definition) is 2. The van der Waals surface area contributed by atoms with E-state index in [2.05, 4.69) is 193 Å². The molecule has 8 aromatic carbocycles. The summed E-state index contributed by atoms with van der Waals surface area (Å²) >= 11 is 0. The third kappa shape index (κ3) is 4.02. The summed E-state index contributed by atoms with van der Waals surface area (Å²) in [6.45, 7) is 0. The van der Waals surface area contributed by atoms with Gasteiger partial charge in [0.25, 0.3) is 0 Å². The number of nitrogens with zero attached hydrogens (tertiary/aromatic N) is 1. The van der Waals surface area contributed by atoms with Crippen molar-refractivity contribution in [3.8, 4) is 44.5 Å². The van der Waals surface area contributed by atoms with Gasteiger partial charge in [0.05, 0.1) is 5.69 Å². The molecule has 2 nitrogen and oxygen atoms in total. The Balaban J connectivity index is 0.970. The maximum atomic E-state index is 6.55. The number of anilines is 3. The summed E-state index contributed by atoms with van der Waals surface area (Å²) in [6.07, 6.45) is 4.27. The summed E-state index contributed by atoms with van der Waals surface area (Å²) in [7, 11) is 0. The van der Waals surface area contributed by atoms with Crippen LogP contribution in [0.25, 0.3) is 66.4 Å². The van der Waals surface area contributed by atoms with Gasteiger partial charge in [0.2, 0.25) is 0 Å². The van der Waals surface area contributed by atoms with Gasteiger partial charge in [-0.2, -0.15) is 0 Å². The smallest absolute Gasteiger partial charge is 0.137 e. The molecule has 59 heavy (non-hydrogen) atoms. The third-order valence-electron chi connectivity index (χ3n) is 16.0. The van der Waals surface area contributed by atoms with Gasteiger partial charge < -0.3 is 9.32 Å². The van der Waals surface area contributed by atoms with E-state index in [4.69, 9.17) is 4.42 Å². The summed E-state index contributed by atoms with van der Waals surface area (Å²) in [6, 6.07) is 69.7. The molecule has 5 aliphatic rings. The van der Waals surface area contributed by atoms with Crippen molar-refractivity contribution in [2.75, 3.05) is 4.90 Å². The minimum Gasteiger partial charge on any atom is -0.456 e. The molecule has 2 spiro atoms. The van der Waals surface area contributed by atoms with Crippen LogP contribution in [0, 0.1) is 29.1 Å². The molecular weight excluding hydrogens is 715 g/mol. The van der Waals surface area contributed by atoms with Crippen molar-refractivity contribution in [3.05, 3.63) is 199 Å². The molecule has 0 amide bonds. The lowest BCUT2D eigenvalue weighted by Crippen LogP contribution is -2.88. The average Bonchev–Trinajstić information content (AvgIpc) is 3.79. The maximum Gasteiger partial charge on any atom is 0.137 e. The molecule has 14 rings (SSSR count). The Morgan fingerprint density at radius 3 is 1.73 bits per heavy atom. The first-order valence-electron chi connectivity index (χ1n) is 21.5. The minimum absolute atomic E-state index is 0.141. The Morgan fingerprint density at radius 2 is 0.966 bits per heavy atom. The van der Waals surface area contributed by atoms with E-state index in [0.29, 0.717) is 5.41 Å². The highest BCUT2D eigenvalue weighted by atomic mass is 16.3. The minimum atomic E-state index is 0.141. The van der Waals surface area contributed by atoms with Gasteiger partial charge >= 0.3 is 0 Å². The zero-order chi connectivity index (χ0) is 38.5. The van der Waals surface area contributed by atoms with Crippen LogP contribution < -0.4 is 4.90 Å². The molecule has 4 atom stereocenters. The van der Waals surface area contributed by atoms with Crippen molar-refractivity contribution >= 4 is 39.0 Å². The molecule has 4 fully saturated rings. The first-order chi connectivity index (χ1) is 29.2. The number of fused-ring (bicyclic) bond motifs is 10. The largest absolute Gasteiger partial charge is 0.456 e. The molecule has 4 saturated carbocycles. The van der Waals surface area contributed by atoms with E-state index in [1.807, 2.05) is 0 Å². The fourth-order valence-electron chi connectivity index (χ4n) is 13.6. The van der Waals surface area contributed by atoms with Crippen LogP contribution in [0.3, 0.4) is 0 Å². The maximum absolute atomic E-state index is 6.55. The summed E-state index contributed by atoms with van der Waals surface area (Å²) in [5.74, 6) is 3.49. The molecule has 0 radical (unpaired) electrons. The molecule has 0 saturated heterocycles. The lowest BCUT2D eigenvalue weighted by Gasteiger charge is -2.92. The van der Waals surface area contributed by atoms with Crippen LogP contribution in [0.15, 0.2) is 192 Å². The van der Waals surface area contributed by atoms with Crippen LogP contribution in [0.5, 0.6) is 0 Å². The van der Waals surface area contributed by atoms with Gasteiger partial charge in [-0.25, -0.2) is 0 Å². The van der Waals surface area contributed by atoms with Gasteiger partial charge in [0.1, 0.15) is 11.2 Å². The molecule has 4 unspecified atom stereocenters. The number of para-hydroxylation sites is 2. The van der Waals surface area contributed by atoms with E-state index in [9.17, 15) is 0 Å². The SMILES string of the molecule is c1ccc(-c2ccc(-c3ccccc3N(c3ccc4c(c3)-c3cc(-c5ccccc5)ccc3C43C4CC5CC6CC3C564)c3ccc4c(c3)oc3ccccc34)cc2)cc1. The molecule has 0 N–H and O–H groups in total. The van der Waals surface area contributed by atoms with Gasteiger partial charge in [-0.15, -0.1) is 0 Å². The summed E-state index contributed by atoms with van der Waals surface area (Å²) < 4.78 is 6.55. The first kappa shape index (κ1) is 32.3. The van der Waals surface area contributed by atoms with Crippen molar-refractivity contribution in [2.24, 2.45) is 29.1 Å². The quantitative estimate of drug-likeness (QED) is 0.168. The van der Waals surface area contributed by atoms with Crippen LogP contribution in [-0.2, 0) is 5.41 Å². The second-order valence-corrected chi connectivity index (χ2v) is 18.0. The zero-order valence-corrected chi connectivity index (χ0v) is 32.7. The van der Waals surface area contributed by atoms with E-state index in [1.54, 1.807) is 11.1 Å². The highest BCUT2D eigenvalue weighted by Gasteiger charge is 2.90. The number of benzene rings is 8. The van der Waals surface area contributed by atoms with Gasteiger partial charge in [0, 0.05) is 39.2 Å². The van der Waals surface area contributed by atoms with Crippen LogP contribution in [-0.4, -0.2) is 0 Å². The molecule has 0 bridgehead atoms. The average molecular weight is 756 g/mol. The van der Waals surface area contributed by atoms with Gasteiger partial charge in [-0.3, -0.25) is 0 Å². The standard InChI is InChI=1S/C57H41NO/c1-3-11-35(12-4-1)37-19-21-38(22-20-37)44-15-7-9-17-51(44)58(43-24-26-46-45-16-8-10-18-52(45)59-53(46)34-43)42-25-28-50-48(33-42)47-29-39(36-13-5-2-6-14-36)23-27-49(47)57(50)54-31-40-30-41-32-55(57)56(40,41)54/h1-29,33-34,40-41,54-55H,30-32H2. The molecule has 9 aromatic rings. The molecule has 2 heteroatoms. The molecule has 1 aromatic heterocycles. The second-order valence-electron chi connectivity index (χ2n) is 18.0.